The molecular weight excluding hydrogens is 152 g/mol. The van der Waals surface area contributed by atoms with Crippen LogP contribution in [0, 0.1) is 5.92 Å². The maximum Gasteiger partial charge on any atom is 0.317 e. The number of hydrogen-bond acceptors (Lipinski definition) is 1. The normalized spacial score (nSPS) is 10.1. The number of nitrogens with one attached hydrogen (secondary N) is 1. The first-order valence-electron chi connectivity index (χ1n) is 4.56. The summed E-state index contributed by atoms with van der Waals surface area (Å²) >= 11 is 0. The zero-order chi connectivity index (χ0) is 9.56. The average Bonchev–Trinajstić information content (AvgIpc) is 2.00. The number of rotatable bonds is 4. The summed E-state index contributed by atoms with van der Waals surface area (Å²) in [7, 11) is 1.83. The first-order valence-corrected chi connectivity index (χ1v) is 4.56. The van der Waals surface area contributed by atoms with Gasteiger partial charge in [0.1, 0.15) is 0 Å². The maximum absolute atomic E-state index is 11.2. The fraction of sp³-hybridized carbons (Fsp3) is 0.889. The van der Waals surface area contributed by atoms with Crippen LogP contribution in [0.1, 0.15) is 27.2 Å². The van der Waals surface area contributed by atoms with E-state index in [-0.39, 0.29) is 6.03 Å². The molecule has 0 aliphatic carbocycles. The molecule has 0 saturated carbocycles. The minimum Gasteiger partial charge on any atom is -0.338 e. The van der Waals surface area contributed by atoms with Gasteiger partial charge in [0, 0.05) is 20.1 Å². The Morgan fingerprint density at radius 2 is 2.08 bits per heavy atom. The topological polar surface area (TPSA) is 32.3 Å². The highest BCUT2D eigenvalue weighted by Gasteiger charge is 2.06. The molecule has 0 fully saturated rings. The first kappa shape index (κ1) is 11.3. The van der Waals surface area contributed by atoms with Crippen molar-refractivity contribution in [3.8, 4) is 0 Å². The Morgan fingerprint density at radius 1 is 1.50 bits per heavy atom. The van der Waals surface area contributed by atoms with Gasteiger partial charge in [-0.25, -0.2) is 4.79 Å². The lowest BCUT2D eigenvalue weighted by molar-refractivity contribution is 0.207. The number of urea groups is 1. The predicted molar refractivity (Wildman–Crippen MR) is 51.2 cm³/mol. The SMILES string of the molecule is CCNC(=O)N(C)CCC(C)C. The molecule has 12 heavy (non-hydrogen) atoms. The number of carbonyl (C=O) groups excluding carboxylic acids is 1. The third kappa shape index (κ3) is 4.99. The van der Waals surface area contributed by atoms with Crippen LogP contribution in [0.25, 0.3) is 0 Å². The van der Waals surface area contributed by atoms with Crippen LogP contribution in [0.2, 0.25) is 0 Å². The standard InChI is InChI=1S/C9H20N2O/c1-5-10-9(12)11(4)7-6-8(2)3/h8H,5-7H2,1-4H3,(H,10,12). The van der Waals surface area contributed by atoms with Crippen LogP contribution in [0.15, 0.2) is 0 Å². The van der Waals surface area contributed by atoms with Crippen LogP contribution in [-0.2, 0) is 0 Å². The third-order valence-electron chi connectivity index (χ3n) is 1.72. The summed E-state index contributed by atoms with van der Waals surface area (Å²) < 4.78 is 0. The fourth-order valence-electron chi connectivity index (χ4n) is 0.840. The van der Waals surface area contributed by atoms with E-state index >= 15 is 0 Å². The van der Waals surface area contributed by atoms with Gasteiger partial charge in [-0.3, -0.25) is 0 Å². The van der Waals surface area contributed by atoms with E-state index in [9.17, 15) is 4.79 Å². The van der Waals surface area contributed by atoms with Crippen LogP contribution in [0.4, 0.5) is 4.79 Å². The van der Waals surface area contributed by atoms with Crippen molar-refractivity contribution in [1.29, 1.82) is 0 Å². The Labute approximate surface area is 75.1 Å². The van der Waals surface area contributed by atoms with Gasteiger partial charge in [-0.1, -0.05) is 13.8 Å². The van der Waals surface area contributed by atoms with Crippen LogP contribution >= 0.6 is 0 Å². The molecule has 2 amide bonds. The summed E-state index contributed by atoms with van der Waals surface area (Å²) in [5, 5.41) is 2.76. The monoisotopic (exact) mass is 172 g/mol. The Hall–Kier alpha value is -0.730. The molecule has 0 heterocycles. The molecule has 3 nitrogen and oxygen atoms in total. The highest BCUT2D eigenvalue weighted by molar-refractivity contribution is 5.73. The van der Waals surface area contributed by atoms with E-state index in [1.807, 2.05) is 14.0 Å². The van der Waals surface area contributed by atoms with Gasteiger partial charge in [0.25, 0.3) is 0 Å². The average molecular weight is 172 g/mol. The van der Waals surface area contributed by atoms with E-state index in [1.54, 1.807) is 4.90 Å². The second-order valence-electron chi connectivity index (χ2n) is 3.44. The van der Waals surface area contributed by atoms with Gasteiger partial charge < -0.3 is 10.2 Å². The Balaban J connectivity index is 3.56. The number of amides is 2. The lowest BCUT2D eigenvalue weighted by Gasteiger charge is -2.18. The smallest absolute Gasteiger partial charge is 0.317 e. The lowest BCUT2D eigenvalue weighted by Crippen LogP contribution is -2.37. The Bertz CT molecular complexity index is 134. The summed E-state index contributed by atoms with van der Waals surface area (Å²) in [6.07, 6.45) is 1.06. The first-order chi connectivity index (χ1) is 5.57. The van der Waals surface area contributed by atoms with Crippen molar-refractivity contribution in [1.82, 2.24) is 10.2 Å². The molecule has 3 heteroatoms. The van der Waals surface area contributed by atoms with E-state index in [2.05, 4.69) is 19.2 Å². The highest BCUT2D eigenvalue weighted by Crippen LogP contribution is 2.00. The van der Waals surface area contributed by atoms with E-state index in [4.69, 9.17) is 0 Å². The van der Waals surface area contributed by atoms with E-state index in [1.165, 1.54) is 0 Å². The summed E-state index contributed by atoms with van der Waals surface area (Å²) in [4.78, 5) is 12.9. The van der Waals surface area contributed by atoms with Crippen LogP contribution in [0.3, 0.4) is 0 Å². The highest BCUT2D eigenvalue weighted by atomic mass is 16.2. The Kier molecular flexibility index (Phi) is 5.51. The summed E-state index contributed by atoms with van der Waals surface area (Å²) in [6.45, 7) is 7.78. The Morgan fingerprint density at radius 3 is 2.50 bits per heavy atom. The van der Waals surface area contributed by atoms with Gasteiger partial charge in [0.05, 0.1) is 0 Å². The zero-order valence-electron chi connectivity index (χ0n) is 8.55. The van der Waals surface area contributed by atoms with Crippen molar-refractivity contribution in [2.45, 2.75) is 27.2 Å². The summed E-state index contributed by atoms with van der Waals surface area (Å²) in [5.41, 5.74) is 0. The molecular formula is C9H20N2O. The minimum absolute atomic E-state index is 0.0261. The quantitative estimate of drug-likeness (QED) is 0.687. The molecule has 0 saturated heterocycles. The molecule has 72 valence electrons. The predicted octanol–water partition coefficient (Wildman–Crippen LogP) is 1.69. The van der Waals surface area contributed by atoms with Crippen LogP contribution in [0.5, 0.6) is 0 Å². The van der Waals surface area contributed by atoms with Gasteiger partial charge >= 0.3 is 6.03 Å². The van der Waals surface area contributed by atoms with Crippen LogP contribution < -0.4 is 5.32 Å². The van der Waals surface area contributed by atoms with Crippen molar-refractivity contribution < 1.29 is 4.79 Å². The number of nitrogens with zero attached hydrogens (tertiary/aromatic N) is 1. The number of carbonyl (C=O) groups is 1. The van der Waals surface area contributed by atoms with E-state index in [0.29, 0.717) is 12.5 Å². The van der Waals surface area contributed by atoms with Crippen molar-refractivity contribution >= 4 is 6.03 Å². The molecule has 0 atom stereocenters. The van der Waals surface area contributed by atoms with E-state index in [0.717, 1.165) is 13.0 Å². The molecule has 0 aliphatic heterocycles. The molecule has 0 rings (SSSR count). The molecule has 0 bridgehead atoms. The maximum atomic E-state index is 11.2. The van der Waals surface area contributed by atoms with Gasteiger partial charge in [-0.15, -0.1) is 0 Å². The van der Waals surface area contributed by atoms with Crippen LogP contribution in [-0.4, -0.2) is 31.1 Å². The largest absolute Gasteiger partial charge is 0.338 e. The molecule has 0 aromatic carbocycles. The second kappa shape index (κ2) is 5.86. The van der Waals surface area contributed by atoms with E-state index < -0.39 is 0 Å². The van der Waals surface area contributed by atoms with Gasteiger partial charge in [-0.2, -0.15) is 0 Å². The van der Waals surface area contributed by atoms with Crippen molar-refractivity contribution in [2.24, 2.45) is 5.92 Å². The van der Waals surface area contributed by atoms with Gasteiger partial charge in [-0.05, 0) is 19.3 Å². The molecule has 0 aliphatic rings. The van der Waals surface area contributed by atoms with Gasteiger partial charge in [0.2, 0.25) is 0 Å². The minimum atomic E-state index is 0.0261. The molecule has 0 radical (unpaired) electrons. The van der Waals surface area contributed by atoms with Crippen molar-refractivity contribution in [2.75, 3.05) is 20.1 Å². The molecule has 1 N–H and O–H groups in total. The summed E-state index contributed by atoms with van der Waals surface area (Å²) in [6, 6.07) is 0.0261. The second-order valence-corrected chi connectivity index (χ2v) is 3.44. The third-order valence-corrected chi connectivity index (χ3v) is 1.72. The summed E-state index contributed by atoms with van der Waals surface area (Å²) in [5.74, 6) is 0.655. The van der Waals surface area contributed by atoms with Gasteiger partial charge in [0.15, 0.2) is 0 Å². The zero-order valence-corrected chi connectivity index (χ0v) is 8.55. The molecule has 0 spiro atoms. The lowest BCUT2D eigenvalue weighted by atomic mass is 10.1. The van der Waals surface area contributed by atoms with Crippen molar-refractivity contribution in [3.05, 3.63) is 0 Å². The number of hydrogen-bond donors (Lipinski definition) is 1. The molecule has 0 aromatic heterocycles. The molecule has 0 unspecified atom stereocenters. The van der Waals surface area contributed by atoms with Crippen molar-refractivity contribution in [3.63, 3.8) is 0 Å². The molecule has 0 aromatic rings. The fourth-order valence-corrected chi connectivity index (χ4v) is 0.840.